The van der Waals surface area contributed by atoms with Crippen molar-refractivity contribution in [3.8, 4) is 17.7 Å². The number of aromatic nitrogens is 5. The second kappa shape index (κ2) is 36.0. The van der Waals surface area contributed by atoms with Gasteiger partial charge in [-0.05, 0) is 141 Å². The van der Waals surface area contributed by atoms with Crippen molar-refractivity contribution in [2.45, 2.75) is 84.3 Å². The van der Waals surface area contributed by atoms with Crippen LogP contribution in [0.2, 0.25) is 0 Å². The molecule has 6 aromatic carbocycles. The maximum atomic E-state index is 12.4. The van der Waals surface area contributed by atoms with Crippen LogP contribution in [0.15, 0.2) is 156 Å². The van der Waals surface area contributed by atoms with Crippen LogP contribution in [0.25, 0.3) is 16.7 Å². The number of rotatable bonds is 37. The summed E-state index contributed by atoms with van der Waals surface area (Å²) in [7, 11) is -32.9. The number of fused-ring (bicyclic) bond motifs is 3. The molecule has 0 bridgehead atoms. The molecule has 606 valence electrons. The number of aryl methyl sites for hydroxylation is 3. The highest BCUT2D eigenvalue weighted by molar-refractivity contribution is 7.99. The zero-order valence-electron chi connectivity index (χ0n) is 59.3. The first-order valence-electron chi connectivity index (χ1n) is 32.5. The number of nitro benzene ring substituents is 1. The van der Waals surface area contributed by atoms with Crippen molar-refractivity contribution in [3.05, 3.63) is 129 Å². The number of benzene rings is 6. The third-order valence-corrected chi connectivity index (χ3v) is 23.5. The molecule has 0 spiro atoms. The first kappa shape index (κ1) is 87.6. The molecule has 11 N–H and O–H groups in total. The lowest BCUT2D eigenvalue weighted by Crippen LogP contribution is -2.17. The summed E-state index contributed by atoms with van der Waals surface area (Å²) in [5.74, 6) is -5.32. The minimum Gasteiger partial charge on any atom is -0.493 e. The maximum absolute atomic E-state index is 12.4. The van der Waals surface area contributed by atoms with Gasteiger partial charge in [0.25, 0.3) is 76.5 Å². The lowest BCUT2D eigenvalue weighted by molar-refractivity contribution is -0.385. The summed E-state index contributed by atoms with van der Waals surface area (Å²) < 4.78 is 245. The average molecular weight is 1750 g/mol. The second-order valence-electron chi connectivity index (χ2n) is 24.2. The highest BCUT2D eigenvalue weighted by Crippen LogP contribution is 2.47. The van der Waals surface area contributed by atoms with Gasteiger partial charge < -0.3 is 25.8 Å². The monoisotopic (exact) mass is 1750 g/mol. The van der Waals surface area contributed by atoms with E-state index in [0.29, 0.717) is 12.5 Å². The van der Waals surface area contributed by atoms with Gasteiger partial charge in [0.2, 0.25) is 23.7 Å². The van der Waals surface area contributed by atoms with Gasteiger partial charge >= 0.3 is 0 Å². The number of hydrogen-bond acceptors (Lipinski definition) is 36. The molecular weight excluding hydrogens is 1690 g/mol. The number of aromatic hydroxyl groups is 1. The Kier molecular flexibility index (Phi) is 27.7. The first-order chi connectivity index (χ1) is 53.2. The molecule has 0 atom stereocenters. The van der Waals surface area contributed by atoms with Gasteiger partial charge in [-0.2, -0.15) is 89.4 Å². The van der Waals surface area contributed by atoms with E-state index in [-0.39, 0.29) is 148 Å². The van der Waals surface area contributed by atoms with E-state index in [1.165, 1.54) is 69.3 Å². The predicted octanol–water partition coefficient (Wildman–Crippen LogP) is 12.6. The summed E-state index contributed by atoms with van der Waals surface area (Å²) in [5.41, 5.74) is -1.49. The van der Waals surface area contributed by atoms with E-state index in [1.54, 1.807) is 6.92 Å². The minimum atomic E-state index is -5.15. The van der Waals surface area contributed by atoms with Crippen LogP contribution < -0.4 is 20.7 Å². The number of nitrogens with one attached hydrogen (secondary N) is 3. The van der Waals surface area contributed by atoms with E-state index in [2.05, 4.69) is 82.9 Å². The van der Waals surface area contributed by atoms with Crippen LogP contribution >= 0.6 is 23.5 Å². The highest BCUT2D eigenvalue weighted by Gasteiger charge is 2.28. The van der Waals surface area contributed by atoms with Crippen LogP contribution in [0.3, 0.4) is 0 Å². The normalized spacial score (nSPS) is 12.8. The molecular formula is C62H64N18O25S9. The van der Waals surface area contributed by atoms with Crippen molar-refractivity contribution in [3.63, 3.8) is 0 Å². The van der Waals surface area contributed by atoms with Crippen LogP contribution in [0, 0.1) is 42.2 Å². The largest absolute Gasteiger partial charge is 0.493 e. The van der Waals surface area contributed by atoms with Crippen molar-refractivity contribution in [1.82, 2.24) is 24.3 Å². The molecule has 9 aromatic rings. The van der Waals surface area contributed by atoms with Crippen molar-refractivity contribution in [2.24, 2.45) is 40.9 Å². The molecule has 43 nitrogen and oxygen atoms in total. The molecule has 9 rings (SSSR count). The van der Waals surface area contributed by atoms with E-state index in [9.17, 15) is 111 Å². The fourth-order valence-electron chi connectivity index (χ4n) is 10.4. The Morgan fingerprint density at radius 2 is 1.09 bits per heavy atom. The maximum Gasteiger partial charge on any atom is 0.297 e. The van der Waals surface area contributed by atoms with Gasteiger partial charge in [-0.1, -0.05) is 19.4 Å². The van der Waals surface area contributed by atoms with Gasteiger partial charge in [-0.15, -0.1) is 54.2 Å². The standard InChI is InChI=1S/C62H64N18O25S9/c1-5-10-41-42(33-63)58-66-51-28-40(113(99,100)101)23-36(4)57(51)79(58)59(81)56(41)78-75-48-24-34(2)44(30-52(48)105-16-7-19-108(84,85)86)72-77-50-29-46(67-62-69-60(64-15-22-111(93,94)95)68-61(70-62)65-37-11-6-12-39(26-37)112(96,97)98)47(32-54(50)107-18-9-21-110(90,91)92)74-76-49-25-35(3)45(31-53(49)106-17-8-20-109(87,88)89)73-71-43-14-13-38(80(82)83)27-55(43)114(102,103)104/h6,11-14,23-32,81H,5,7-10,15-22H2,1-4H3,(H,84,85,86)(H,87,88,89)(H,90,91,92)(H,93,94,95)(H,96,97,98)(H,99,100,101)(H,102,103,104)(H3,64,65,67,68,69,70). The lowest BCUT2D eigenvalue weighted by Gasteiger charge is -2.15. The van der Waals surface area contributed by atoms with Crippen LogP contribution in [0.4, 0.5) is 80.4 Å². The van der Waals surface area contributed by atoms with E-state index in [0.717, 1.165) is 64.3 Å². The zero-order chi connectivity index (χ0) is 83.6. The van der Waals surface area contributed by atoms with Crippen molar-refractivity contribution < 1.29 is 106 Å². The number of pyridine rings is 1. The van der Waals surface area contributed by atoms with E-state index in [1.807, 2.05) is 0 Å². The number of nitro groups is 1. The molecule has 0 aliphatic carbocycles. The average Bonchev–Trinajstić information content (AvgIpc) is 1.58. The van der Waals surface area contributed by atoms with Gasteiger partial charge in [0.05, 0.1) is 78.1 Å². The molecule has 0 saturated heterocycles. The number of azo groups is 4. The predicted molar refractivity (Wildman–Crippen MR) is 414 cm³/mol. The third kappa shape index (κ3) is 24.1. The Morgan fingerprint density at radius 1 is 0.553 bits per heavy atom. The van der Waals surface area contributed by atoms with Crippen molar-refractivity contribution in [2.75, 3.05) is 63.6 Å². The van der Waals surface area contributed by atoms with Crippen LogP contribution in [0.1, 0.15) is 60.4 Å². The number of non-ortho nitro benzene ring substituents is 1. The summed E-state index contributed by atoms with van der Waals surface area (Å²) in [4.78, 5) is 26.3. The van der Waals surface area contributed by atoms with Gasteiger partial charge in [0, 0.05) is 45.8 Å². The number of hydrogen-bond donors (Lipinski definition) is 11. The fraction of sp³-hybridized carbons (Fsp3) is 0.274. The van der Waals surface area contributed by atoms with Gasteiger partial charge in [0.1, 0.15) is 45.0 Å². The van der Waals surface area contributed by atoms with Gasteiger partial charge in [-0.25, -0.2) is 4.98 Å². The molecule has 0 aliphatic heterocycles. The number of thioether (sulfide) groups is 2. The smallest absolute Gasteiger partial charge is 0.297 e. The summed E-state index contributed by atoms with van der Waals surface area (Å²) in [6.45, 7) is 5.30. The Morgan fingerprint density at radius 3 is 1.67 bits per heavy atom. The number of imidazole rings is 1. The SMILES string of the molecule is CCCc1c(N=Nc2cc(C)c(N=Nc3cc(Nc4nc(NCCS(=O)(=O)O)nc(Nc5cccc(S(=O)(=O)O)c5)n4)c(N=Nc4cc(C)c(N=Nc5ccc([N+](=O)[O-])cc5S(=O)(=O)O)cc4SCCCS(=O)(=O)O)cc3SCCCS(=O)(=O)O)cc2OCCCS(=O)(=O)O)c(O)n2c(nc3cc(S(=O)(=O)O)cc(C)c32)c1C#N. The molecule has 0 fully saturated rings. The van der Waals surface area contributed by atoms with E-state index < -0.39 is 162 Å². The van der Waals surface area contributed by atoms with E-state index in [4.69, 9.17) is 4.74 Å². The Balaban J connectivity index is 1.24. The highest BCUT2D eigenvalue weighted by atomic mass is 32.2. The molecule has 3 aromatic heterocycles. The summed E-state index contributed by atoms with van der Waals surface area (Å²) in [6.07, 6.45) is -0.209. The summed E-state index contributed by atoms with van der Waals surface area (Å²) in [6, 6.07) is 19.3. The number of ether oxygens (including phenoxy) is 1. The Labute approximate surface area is 657 Å². The Bertz CT molecular complexity index is 6350. The minimum absolute atomic E-state index is 0.0138. The molecule has 52 heteroatoms. The Hall–Kier alpha value is -10.4. The molecule has 0 aliphatic rings. The number of nitriles is 1. The van der Waals surface area contributed by atoms with Crippen molar-refractivity contribution in [1.29, 1.82) is 5.26 Å². The molecule has 0 radical (unpaired) electrons. The van der Waals surface area contributed by atoms with Crippen LogP contribution in [-0.4, -0.2) is 173 Å². The molecule has 0 saturated carbocycles. The lowest BCUT2D eigenvalue weighted by atomic mass is 10.0. The van der Waals surface area contributed by atoms with Crippen molar-refractivity contribution >= 4 is 191 Å². The zero-order valence-corrected chi connectivity index (χ0v) is 66.6. The quantitative estimate of drug-likeness (QED) is 0.00430. The van der Waals surface area contributed by atoms with Gasteiger partial charge in [-0.3, -0.25) is 46.4 Å². The van der Waals surface area contributed by atoms with E-state index >= 15 is 0 Å². The first-order valence-corrected chi connectivity index (χ1v) is 45.3. The van der Waals surface area contributed by atoms with Gasteiger partial charge in [0.15, 0.2) is 11.3 Å². The summed E-state index contributed by atoms with van der Waals surface area (Å²) in [5, 5.41) is 77.9. The second-order valence-corrected chi connectivity index (χ2v) is 37.0. The summed E-state index contributed by atoms with van der Waals surface area (Å²) >= 11 is 1.88. The fourth-order valence-corrected chi connectivity index (χ4v) is 16.3. The van der Waals surface area contributed by atoms with Crippen LogP contribution in [0.5, 0.6) is 11.6 Å². The topological polar surface area (TPSA) is 668 Å². The molecule has 3 heterocycles. The molecule has 0 unspecified atom stereocenters. The number of nitrogens with zero attached hydrogens (tertiary/aromatic N) is 15. The molecule has 0 amide bonds. The number of anilines is 5. The van der Waals surface area contributed by atoms with Crippen LogP contribution in [-0.2, 0) is 77.2 Å². The molecule has 114 heavy (non-hydrogen) atoms. The third-order valence-electron chi connectivity index (χ3n) is 15.5.